The van der Waals surface area contributed by atoms with Crippen LogP contribution in [0.2, 0.25) is 0 Å². The van der Waals surface area contributed by atoms with Gasteiger partial charge in [-0.1, -0.05) is 48.5 Å². The molecule has 0 spiro atoms. The monoisotopic (exact) mass is 424 g/mol. The van der Waals surface area contributed by atoms with Crippen LogP contribution < -0.4 is 9.46 Å². The second kappa shape index (κ2) is 8.85. The van der Waals surface area contributed by atoms with E-state index in [1.165, 1.54) is 0 Å². The number of rotatable bonds is 6. The Balaban J connectivity index is 1.28. The average molecular weight is 425 g/mol. The summed E-state index contributed by atoms with van der Waals surface area (Å²) in [7, 11) is -3.54. The molecule has 0 aliphatic carbocycles. The van der Waals surface area contributed by atoms with Gasteiger partial charge in [-0.2, -0.15) is 0 Å². The van der Waals surface area contributed by atoms with Gasteiger partial charge in [0.25, 0.3) is 5.91 Å². The lowest BCUT2D eigenvalue weighted by Gasteiger charge is -2.32. The Bertz CT molecular complexity index is 1120. The number of hydrogen-bond donors (Lipinski definition) is 1. The third-order valence-electron chi connectivity index (χ3n) is 5.31. The fourth-order valence-corrected chi connectivity index (χ4v) is 4.95. The molecular formula is C23H24N2O4S. The first-order chi connectivity index (χ1) is 14.5. The van der Waals surface area contributed by atoms with E-state index in [9.17, 15) is 13.2 Å². The first-order valence-electron chi connectivity index (χ1n) is 9.98. The van der Waals surface area contributed by atoms with Crippen LogP contribution >= 0.6 is 0 Å². The summed E-state index contributed by atoms with van der Waals surface area (Å²) in [5.74, 6) is 0.570. The van der Waals surface area contributed by atoms with Gasteiger partial charge in [-0.15, -0.1) is 0 Å². The van der Waals surface area contributed by atoms with Crippen molar-refractivity contribution in [1.29, 1.82) is 0 Å². The Morgan fingerprint density at radius 1 is 0.933 bits per heavy atom. The lowest BCUT2D eigenvalue weighted by atomic mass is 10.1. The van der Waals surface area contributed by atoms with Crippen LogP contribution in [0, 0.1) is 0 Å². The summed E-state index contributed by atoms with van der Waals surface area (Å²) in [5, 5.41) is 2.19. The number of nitrogens with zero attached hydrogens (tertiary/aromatic N) is 1. The summed E-state index contributed by atoms with van der Waals surface area (Å²) in [5.41, 5.74) is 0. The lowest BCUT2D eigenvalue weighted by molar-refractivity contribution is -0.134. The van der Waals surface area contributed by atoms with E-state index in [2.05, 4.69) is 4.72 Å². The highest BCUT2D eigenvalue weighted by Gasteiger charge is 2.26. The van der Waals surface area contributed by atoms with Crippen LogP contribution in [0.1, 0.15) is 12.8 Å². The third-order valence-corrected chi connectivity index (χ3v) is 6.84. The number of fused-ring (bicyclic) bond motifs is 1. The fourth-order valence-electron chi connectivity index (χ4n) is 3.63. The predicted octanol–water partition coefficient (Wildman–Crippen LogP) is 3.19. The zero-order valence-corrected chi connectivity index (χ0v) is 17.3. The molecule has 0 saturated carbocycles. The molecule has 0 radical (unpaired) electrons. The highest BCUT2D eigenvalue weighted by Crippen LogP contribution is 2.21. The smallest absolute Gasteiger partial charge is 0.260 e. The van der Waals surface area contributed by atoms with Crippen molar-refractivity contribution in [2.75, 3.05) is 19.7 Å². The van der Waals surface area contributed by atoms with Crippen LogP contribution in [0.5, 0.6) is 5.75 Å². The molecule has 1 saturated heterocycles. The standard InChI is InChI=1S/C23H24N2O4S/c26-23(17-29-21-11-10-18-6-4-5-7-19(18)16-21)25-14-12-20(13-15-25)24-30(27,28)22-8-2-1-3-9-22/h1-11,16,20,24H,12-15,17H2. The number of amides is 1. The molecule has 0 unspecified atom stereocenters. The molecule has 1 aliphatic heterocycles. The Labute approximate surface area is 176 Å². The number of sulfonamides is 1. The fraction of sp³-hybridized carbons (Fsp3) is 0.261. The molecule has 30 heavy (non-hydrogen) atoms. The second-order valence-electron chi connectivity index (χ2n) is 7.39. The molecule has 0 bridgehead atoms. The minimum absolute atomic E-state index is 0.0290. The van der Waals surface area contributed by atoms with E-state index >= 15 is 0 Å². The minimum Gasteiger partial charge on any atom is -0.484 e. The summed E-state index contributed by atoms with van der Waals surface area (Å²) in [6.45, 7) is 0.975. The SMILES string of the molecule is O=C(COc1ccc2ccccc2c1)N1CCC(NS(=O)(=O)c2ccccc2)CC1. The van der Waals surface area contributed by atoms with Crippen molar-refractivity contribution in [3.63, 3.8) is 0 Å². The number of piperidine rings is 1. The van der Waals surface area contributed by atoms with E-state index in [0.29, 0.717) is 31.7 Å². The van der Waals surface area contributed by atoms with Gasteiger partial charge in [0.2, 0.25) is 10.0 Å². The van der Waals surface area contributed by atoms with E-state index in [1.807, 2.05) is 42.5 Å². The van der Waals surface area contributed by atoms with E-state index in [0.717, 1.165) is 10.8 Å². The third kappa shape index (κ3) is 4.80. The molecule has 156 valence electrons. The largest absolute Gasteiger partial charge is 0.484 e. The van der Waals surface area contributed by atoms with Crippen molar-refractivity contribution in [2.45, 2.75) is 23.8 Å². The quantitative estimate of drug-likeness (QED) is 0.659. The maximum absolute atomic E-state index is 12.5. The Morgan fingerprint density at radius 2 is 1.60 bits per heavy atom. The van der Waals surface area contributed by atoms with Crippen LogP contribution in [0.3, 0.4) is 0 Å². The molecule has 6 nitrogen and oxygen atoms in total. The molecule has 1 heterocycles. The number of carbonyl (C=O) groups is 1. The molecule has 4 rings (SSSR count). The molecule has 3 aromatic rings. The summed E-state index contributed by atoms with van der Waals surface area (Å²) < 4.78 is 33.4. The van der Waals surface area contributed by atoms with Crippen molar-refractivity contribution in [3.8, 4) is 5.75 Å². The predicted molar refractivity (Wildman–Crippen MR) is 116 cm³/mol. The number of ether oxygens (including phenoxy) is 1. The Hall–Kier alpha value is -2.90. The summed E-state index contributed by atoms with van der Waals surface area (Å²) in [4.78, 5) is 14.5. The van der Waals surface area contributed by atoms with Gasteiger partial charge < -0.3 is 9.64 Å². The summed E-state index contributed by atoms with van der Waals surface area (Å²) in [6, 6.07) is 21.9. The van der Waals surface area contributed by atoms with Crippen molar-refractivity contribution >= 4 is 26.7 Å². The van der Waals surface area contributed by atoms with Crippen LogP contribution in [0.4, 0.5) is 0 Å². The highest BCUT2D eigenvalue weighted by molar-refractivity contribution is 7.89. The van der Waals surface area contributed by atoms with Crippen molar-refractivity contribution < 1.29 is 17.9 Å². The zero-order valence-electron chi connectivity index (χ0n) is 16.5. The number of nitrogens with one attached hydrogen (secondary N) is 1. The number of likely N-dealkylation sites (tertiary alicyclic amines) is 1. The Kier molecular flexibility index (Phi) is 6.01. The van der Waals surface area contributed by atoms with Crippen molar-refractivity contribution in [3.05, 3.63) is 72.8 Å². The van der Waals surface area contributed by atoms with Crippen molar-refractivity contribution in [1.82, 2.24) is 9.62 Å². The summed E-state index contributed by atoms with van der Waals surface area (Å²) >= 11 is 0. The second-order valence-corrected chi connectivity index (χ2v) is 9.10. The zero-order chi connectivity index (χ0) is 21.0. The molecule has 1 amide bonds. The van der Waals surface area contributed by atoms with Gasteiger partial charge in [-0.3, -0.25) is 4.79 Å². The number of hydrogen-bond acceptors (Lipinski definition) is 4. The van der Waals surface area contributed by atoms with Gasteiger partial charge in [-0.05, 0) is 47.9 Å². The minimum atomic E-state index is -3.54. The van der Waals surface area contributed by atoms with Crippen LogP contribution in [0.25, 0.3) is 10.8 Å². The first kappa shape index (κ1) is 20.4. The maximum Gasteiger partial charge on any atom is 0.260 e. The van der Waals surface area contributed by atoms with Gasteiger partial charge in [0.15, 0.2) is 6.61 Å². The van der Waals surface area contributed by atoms with E-state index < -0.39 is 10.0 Å². The first-order valence-corrected chi connectivity index (χ1v) is 11.5. The molecule has 3 aromatic carbocycles. The van der Waals surface area contributed by atoms with E-state index in [1.54, 1.807) is 35.2 Å². The maximum atomic E-state index is 12.5. The molecule has 1 N–H and O–H groups in total. The van der Waals surface area contributed by atoms with Gasteiger partial charge in [0, 0.05) is 19.1 Å². The van der Waals surface area contributed by atoms with Crippen molar-refractivity contribution in [2.24, 2.45) is 0 Å². The van der Waals surface area contributed by atoms with E-state index in [-0.39, 0.29) is 23.5 Å². The average Bonchev–Trinajstić information content (AvgIpc) is 2.78. The summed E-state index contributed by atoms with van der Waals surface area (Å²) in [6.07, 6.45) is 1.15. The highest BCUT2D eigenvalue weighted by atomic mass is 32.2. The van der Waals surface area contributed by atoms with Crippen LogP contribution in [0.15, 0.2) is 77.7 Å². The molecular weight excluding hydrogens is 400 g/mol. The number of benzene rings is 3. The molecule has 1 fully saturated rings. The van der Waals surface area contributed by atoms with Gasteiger partial charge in [0.05, 0.1) is 4.90 Å². The van der Waals surface area contributed by atoms with Gasteiger partial charge in [-0.25, -0.2) is 13.1 Å². The van der Waals surface area contributed by atoms with Crippen LogP contribution in [-0.2, 0) is 14.8 Å². The van der Waals surface area contributed by atoms with Gasteiger partial charge in [0.1, 0.15) is 5.75 Å². The number of carbonyl (C=O) groups excluding carboxylic acids is 1. The lowest BCUT2D eigenvalue weighted by Crippen LogP contribution is -2.47. The molecule has 1 aliphatic rings. The topological polar surface area (TPSA) is 75.7 Å². The molecule has 0 atom stereocenters. The van der Waals surface area contributed by atoms with Gasteiger partial charge >= 0.3 is 0 Å². The normalized spacial score (nSPS) is 15.3. The van der Waals surface area contributed by atoms with Crippen LogP contribution in [-0.4, -0.2) is 45.0 Å². The Morgan fingerprint density at radius 3 is 2.33 bits per heavy atom. The molecule has 7 heteroatoms. The van der Waals surface area contributed by atoms with E-state index in [4.69, 9.17) is 4.74 Å². The molecule has 0 aromatic heterocycles.